The van der Waals surface area contributed by atoms with E-state index in [0.29, 0.717) is 4.47 Å². The molecule has 0 saturated heterocycles. The van der Waals surface area contributed by atoms with Crippen LogP contribution in [0.3, 0.4) is 0 Å². The van der Waals surface area contributed by atoms with E-state index in [1.54, 1.807) is 6.92 Å². The Labute approximate surface area is 115 Å². The molecular weight excluding hydrogens is 320 g/mol. The van der Waals surface area contributed by atoms with Crippen LogP contribution in [0.5, 0.6) is 0 Å². The highest BCUT2D eigenvalue weighted by Crippen LogP contribution is 2.22. The van der Waals surface area contributed by atoms with Crippen LogP contribution in [-0.4, -0.2) is 37.5 Å². The average Bonchev–Trinajstić information content (AvgIpc) is 2.35. The number of aliphatic hydroxyl groups excluding tert-OH is 1. The molecule has 0 heterocycles. The van der Waals surface area contributed by atoms with Crippen LogP contribution in [0.15, 0.2) is 27.6 Å². The minimum atomic E-state index is -3.71. The van der Waals surface area contributed by atoms with Crippen LogP contribution in [0.2, 0.25) is 0 Å². The van der Waals surface area contributed by atoms with E-state index in [9.17, 15) is 8.42 Å². The molecule has 1 aromatic rings. The van der Waals surface area contributed by atoms with Crippen molar-refractivity contribution in [2.75, 3.05) is 13.7 Å². The number of hydrogen-bond acceptors (Lipinski definition) is 4. The van der Waals surface area contributed by atoms with E-state index in [4.69, 9.17) is 10.4 Å². The van der Waals surface area contributed by atoms with Crippen molar-refractivity contribution < 1.29 is 13.5 Å². The quantitative estimate of drug-likeness (QED) is 0.901. The molecule has 0 radical (unpaired) electrons. The smallest absolute Gasteiger partial charge is 0.243 e. The lowest BCUT2D eigenvalue weighted by Gasteiger charge is -2.22. The molecule has 0 amide bonds. The van der Waals surface area contributed by atoms with Gasteiger partial charge in [0.2, 0.25) is 10.0 Å². The van der Waals surface area contributed by atoms with Gasteiger partial charge in [-0.1, -0.05) is 15.9 Å². The maximum atomic E-state index is 12.2. The summed E-state index contributed by atoms with van der Waals surface area (Å²) in [5, 5.41) is 17.8. The zero-order valence-electron chi connectivity index (χ0n) is 9.96. The second kappa shape index (κ2) is 5.80. The highest BCUT2D eigenvalue weighted by Gasteiger charge is 2.25. The first kappa shape index (κ1) is 15.1. The summed E-state index contributed by atoms with van der Waals surface area (Å²) in [6.07, 6.45) is 0. The van der Waals surface area contributed by atoms with Crippen LogP contribution in [0.25, 0.3) is 0 Å². The van der Waals surface area contributed by atoms with Crippen molar-refractivity contribution in [3.63, 3.8) is 0 Å². The predicted molar refractivity (Wildman–Crippen MR) is 70.4 cm³/mol. The lowest BCUT2D eigenvalue weighted by atomic mass is 10.2. The maximum Gasteiger partial charge on any atom is 0.243 e. The molecule has 1 rings (SSSR count). The van der Waals surface area contributed by atoms with Gasteiger partial charge in [-0.2, -0.15) is 9.57 Å². The van der Waals surface area contributed by atoms with Crippen molar-refractivity contribution in [2.24, 2.45) is 0 Å². The SMILES string of the molecule is CC(CO)N(C)S(=O)(=O)c1cc(Br)cc(C#N)c1. The molecule has 1 aromatic carbocycles. The monoisotopic (exact) mass is 332 g/mol. The number of benzene rings is 1. The molecule has 98 valence electrons. The number of nitriles is 1. The maximum absolute atomic E-state index is 12.2. The molecule has 1 unspecified atom stereocenters. The summed E-state index contributed by atoms with van der Waals surface area (Å²) < 4.78 is 26.1. The van der Waals surface area contributed by atoms with Crippen molar-refractivity contribution in [1.82, 2.24) is 4.31 Å². The van der Waals surface area contributed by atoms with Crippen molar-refractivity contribution in [3.8, 4) is 6.07 Å². The summed E-state index contributed by atoms with van der Waals surface area (Å²) in [4.78, 5) is 0.0243. The zero-order valence-corrected chi connectivity index (χ0v) is 12.4. The van der Waals surface area contributed by atoms with E-state index in [2.05, 4.69) is 15.9 Å². The van der Waals surface area contributed by atoms with Gasteiger partial charge in [-0.3, -0.25) is 0 Å². The van der Waals surface area contributed by atoms with Gasteiger partial charge in [0.15, 0.2) is 0 Å². The number of sulfonamides is 1. The first-order chi connectivity index (χ1) is 8.32. The fourth-order valence-electron chi connectivity index (χ4n) is 1.29. The van der Waals surface area contributed by atoms with E-state index in [1.807, 2.05) is 6.07 Å². The van der Waals surface area contributed by atoms with Crippen molar-refractivity contribution in [2.45, 2.75) is 17.9 Å². The summed E-state index contributed by atoms with van der Waals surface area (Å²) in [6.45, 7) is 1.33. The van der Waals surface area contributed by atoms with Crippen LogP contribution in [0, 0.1) is 11.3 Å². The van der Waals surface area contributed by atoms with Gasteiger partial charge in [-0.25, -0.2) is 8.42 Å². The third-order valence-electron chi connectivity index (χ3n) is 2.56. The van der Waals surface area contributed by atoms with Gasteiger partial charge in [-0.05, 0) is 25.1 Å². The largest absolute Gasteiger partial charge is 0.395 e. The zero-order chi connectivity index (χ0) is 13.9. The highest BCUT2D eigenvalue weighted by molar-refractivity contribution is 9.10. The standard InChI is InChI=1S/C11H13BrN2O3S/c1-8(7-15)14(2)18(16,17)11-4-9(6-13)3-10(12)5-11/h3-5,8,15H,7H2,1-2H3. The molecule has 1 atom stereocenters. The topological polar surface area (TPSA) is 81.4 Å². The van der Waals surface area contributed by atoms with Gasteiger partial charge in [0.05, 0.1) is 23.1 Å². The Kier molecular flexibility index (Phi) is 4.87. The number of aliphatic hydroxyl groups is 1. The molecule has 5 nitrogen and oxygen atoms in total. The Morgan fingerprint density at radius 3 is 2.61 bits per heavy atom. The Hall–Kier alpha value is -0.940. The van der Waals surface area contributed by atoms with E-state index in [0.717, 1.165) is 4.31 Å². The van der Waals surface area contributed by atoms with E-state index in [-0.39, 0.29) is 17.1 Å². The van der Waals surface area contributed by atoms with Crippen LogP contribution in [0.4, 0.5) is 0 Å². The molecule has 0 aliphatic carbocycles. The van der Waals surface area contributed by atoms with Crippen LogP contribution in [0.1, 0.15) is 12.5 Å². The molecule has 0 fully saturated rings. The van der Waals surface area contributed by atoms with Crippen molar-refractivity contribution in [1.29, 1.82) is 5.26 Å². The van der Waals surface area contributed by atoms with Gasteiger partial charge in [-0.15, -0.1) is 0 Å². The number of halogens is 1. The van der Waals surface area contributed by atoms with Crippen LogP contribution >= 0.6 is 15.9 Å². The Morgan fingerprint density at radius 1 is 1.50 bits per heavy atom. The van der Waals surface area contributed by atoms with Gasteiger partial charge in [0.25, 0.3) is 0 Å². The molecule has 0 spiro atoms. The van der Waals surface area contributed by atoms with Gasteiger partial charge >= 0.3 is 0 Å². The molecule has 7 heteroatoms. The second-order valence-corrected chi connectivity index (χ2v) is 6.75. The third kappa shape index (κ3) is 3.09. The predicted octanol–water partition coefficient (Wildman–Crippen LogP) is 1.32. The summed E-state index contributed by atoms with van der Waals surface area (Å²) in [6, 6.07) is 5.64. The van der Waals surface area contributed by atoms with Gasteiger partial charge in [0, 0.05) is 17.6 Å². The number of likely N-dealkylation sites (N-methyl/N-ethyl adjacent to an activating group) is 1. The van der Waals surface area contributed by atoms with Crippen molar-refractivity contribution in [3.05, 3.63) is 28.2 Å². The van der Waals surface area contributed by atoms with Crippen LogP contribution < -0.4 is 0 Å². The third-order valence-corrected chi connectivity index (χ3v) is 4.97. The van der Waals surface area contributed by atoms with E-state index in [1.165, 1.54) is 25.2 Å². The minimum Gasteiger partial charge on any atom is -0.395 e. The first-order valence-corrected chi connectivity index (χ1v) is 7.35. The van der Waals surface area contributed by atoms with E-state index >= 15 is 0 Å². The summed E-state index contributed by atoms with van der Waals surface area (Å²) in [7, 11) is -2.32. The fourth-order valence-corrected chi connectivity index (χ4v) is 3.36. The Balaban J connectivity index is 3.29. The first-order valence-electron chi connectivity index (χ1n) is 5.12. The molecule has 0 aromatic heterocycles. The van der Waals surface area contributed by atoms with Crippen LogP contribution in [-0.2, 0) is 10.0 Å². The molecule has 0 aliphatic rings. The molecule has 1 N–H and O–H groups in total. The van der Waals surface area contributed by atoms with Gasteiger partial charge in [0.1, 0.15) is 0 Å². The van der Waals surface area contributed by atoms with E-state index < -0.39 is 16.1 Å². The highest BCUT2D eigenvalue weighted by atomic mass is 79.9. The van der Waals surface area contributed by atoms with Crippen molar-refractivity contribution >= 4 is 26.0 Å². The lowest BCUT2D eigenvalue weighted by molar-refractivity contribution is 0.214. The normalized spacial score (nSPS) is 13.3. The van der Waals surface area contributed by atoms with Gasteiger partial charge < -0.3 is 5.11 Å². The Bertz CT molecular complexity index is 580. The molecular formula is C11H13BrN2O3S. The number of rotatable bonds is 4. The summed E-state index contributed by atoms with van der Waals surface area (Å²) in [5.41, 5.74) is 0.257. The average molecular weight is 333 g/mol. The Morgan fingerprint density at radius 2 is 2.11 bits per heavy atom. The summed E-state index contributed by atoms with van der Waals surface area (Å²) in [5.74, 6) is 0. The molecule has 18 heavy (non-hydrogen) atoms. The lowest BCUT2D eigenvalue weighted by Crippen LogP contribution is -2.37. The minimum absolute atomic E-state index is 0.0243. The molecule has 0 bridgehead atoms. The second-order valence-electron chi connectivity index (χ2n) is 3.84. The number of nitrogens with zero attached hydrogens (tertiary/aromatic N) is 2. The summed E-state index contributed by atoms with van der Waals surface area (Å²) >= 11 is 3.17. The number of hydrogen-bond donors (Lipinski definition) is 1. The molecule has 0 saturated carbocycles. The fraction of sp³-hybridized carbons (Fsp3) is 0.364. The molecule has 0 aliphatic heterocycles.